The summed E-state index contributed by atoms with van der Waals surface area (Å²) in [6.45, 7) is 0. The summed E-state index contributed by atoms with van der Waals surface area (Å²) in [6, 6.07) is 2.81. The molecule has 0 aliphatic heterocycles. The lowest BCUT2D eigenvalue weighted by Gasteiger charge is -2.14. The Hall–Kier alpha value is -0.190. The lowest BCUT2D eigenvalue weighted by Crippen LogP contribution is -2.25. The van der Waals surface area contributed by atoms with E-state index in [1.807, 2.05) is 0 Å². The largest absolute Gasteiger partial charge is 0.456 e. The maximum Gasteiger partial charge on any atom is 0.290 e. The molecule has 1 unspecified atom stereocenters. The average molecular weight is 304 g/mol. The molecule has 0 spiro atoms. The molecule has 0 N–H and O–H groups in total. The van der Waals surface area contributed by atoms with Gasteiger partial charge in [0, 0.05) is 19.2 Å². The number of hydrogen-bond donors (Lipinski definition) is 0. The van der Waals surface area contributed by atoms with Gasteiger partial charge in [-0.2, -0.15) is 0 Å². The van der Waals surface area contributed by atoms with Crippen molar-refractivity contribution in [2.45, 2.75) is 6.29 Å². The van der Waals surface area contributed by atoms with E-state index in [1.165, 1.54) is 19.2 Å². The molecule has 1 aromatic rings. The van der Waals surface area contributed by atoms with E-state index in [0.717, 1.165) is 0 Å². The third-order valence-corrected chi connectivity index (χ3v) is 2.97. The van der Waals surface area contributed by atoms with Gasteiger partial charge in [0.05, 0.1) is 15.1 Å². The number of benzene rings is 1. The molecule has 0 fully saturated rings. The van der Waals surface area contributed by atoms with Gasteiger partial charge in [-0.15, -0.1) is 0 Å². The Morgan fingerprint density at radius 1 is 1.25 bits per heavy atom. The summed E-state index contributed by atoms with van der Waals surface area (Å²) in [5, 5.41) is -0.159. The molecule has 0 amide bonds. The van der Waals surface area contributed by atoms with Gasteiger partial charge in [-0.1, -0.05) is 34.8 Å². The second-order valence-corrected chi connectivity index (χ2v) is 4.26. The van der Waals surface area contributed by atoms with Gasteiger partial charge in [0.1, 0.15) is 5.75 Å². The van der Waals surface area contributed by atoms with Gasteiger partial charge in [-0.3, -0.25) is 4.79 Å². The molecule has 16 heavy (non-hydrogen) atoms. The molecular weight excluding hydrogens is 298 g/mol. The molecule has 0 radical (unpaired) electrons. The van der Waals surface area contributed by atoms with E-state index in [-0.39, 0.29) is 20.8 Å². The van der Waals surface area contributed by atoms with Gasteiger partial charge in [-0.25, -0.2) is 0 Å². The highest BCUT2D eigenvalue weighted by Crippen LogP contribution is 2.34. The molecule has 1 rings (SSSR count). The van der Waals surface area contributed by atoms with Gasteiger partial charge >= 0.3 is 0 Å². The van der Waals surface area contributed by atoms with E-state index in [4.69, 9.17) is 55.9 Å². The predicted molar refractivity (Wildman–Crippen MR) is 63.8 cm³/mol. The first-order valence-corrected chi connectivity index (χ1v) is 5.50. The quantitative estimate of drug-likeness (QED) is 0.482. The third kappa shape index (κ3) is 3.40. The van der Waals surface area contributed by atoms with Gasteiger partial charge in [0.15, 0.2) is 0 Å². The van der Waals surface area contributed by atoms with Gasteiger partial charge in [0.25, 0.3) is 11.5 Å². The molecule has 0 aliphatic rings. The highest BCUT2D eigenvalue weighted by molar-refractivity contribution is 6.64. The van der Waals surface area contributed by atoms with Crippen molar-refractivity contribution in [3.8, 4) is 5.75 Å². The van der Waals surface area contributed by atoms with Crippen LogP contribution in [0.4, 0.5) is 0 Å². The molecule has 88 valence electrons. The van der Waals surface area contributed by atoms with Crippen LogP contribution in [-0.2, 0) is 9.53 Å². The van der Waals surface area contributed by atoms with Crippen molar-refractivity contribution < 1.29 is 14.3 Å². The smallest absolute Gasteiger partial charge is 0.290 e. The Bertz CT molecular complexity index is 385. The molecule has 7 heteroatoms. The van der Waals surface area contributed by atoms with Crippen LogP contribution in [0.1, 0.15) is 0 Å². The number of carbonyl (C=O) groups excluding carboxylic acids is 1. The number of ether oxygens (including phenoxy) is 2. The van der Waals surface area contributed by atoms with Crippen LogP contribution in [0.15, 0.2) is 12.1 Å². The molecule has 1 atom stereocenters. The first-order valence-electron chi connectivity index (χ1n) is 3.99. The number of methoxy groups -OCH3 is 1. The molecule has 0 aliphatic carbocycles. The second-order valence-electron chi connectivity index (χ2n) is 2.69. The van der Waals surface area contributed by atoms with Crippen LogP contribution >= 0.6 is 46.4 Å². The van der Waals surface area contributed by atoms with Crippen LogP contribution in [0.2, 0.25) is 15.1 Å². The van der Waals surface area contributed by atoms with Crippen molar-refractivity contribution in [1.29, 1.82) is 0 Å². The summed E-state index contributed by atoms with van der Waals surface area (Å²) in [5.74, 6) is 0.236. The molecule has 1 aromatic carbocycles. The minimum Gasteiger partial charge on any atom is -0.456 e. The predicted octanol–water partition coefficient (Wildman–Crippen LogP) is 3.76. The van der Waals surface area contributed by atoms with Crippen molar-refractivity contribution in [2.24, 2.45) is 0 Å². The van der Waals surface area contributed by atoms with Crippen molar-refractivity contribution in [1.82, 2.24) is 0 Å². The van der Waals surface area contributed by atoms with Crippen molar-refractivity contribution in [3.05, 3.63) is 27.2 Å². The summed E-state index contributed by atoms with van der Waals surface area (Å²) < 4.78 is 9.81. The molecule has 0 heterocycles. The van der Waals surface area contributed by atoms with Crippen molar-refractivity contribution in [3.63, 3.8) is 0 Å². The van der Waals surface area contributed by atoms with Gasteiger partial charge in [0.2, 0.25) is 0 Å². The summed E-state index contributed by atoms with van der Waals surface area (Å²) in [5.41, 5.74) is 0. The molecular formula is C9H6Cl4O3. The zero-order chi connectivity index (χ0) is 12.3. The zero-order valence-electron chi connectivity index (χ0n) is 7.97. The molecule has 3 nitrogen and oxygen atoms in total. The Kier molecular flexibility index (Phi) is 5.15. The van der Waals surface area contributed by atoms with Crippen LogP contribution in [0.5, 0.6) is 5.75 Å². The van der Waals surface area contributed by atoms with E-state index in [0.29, 0.717) is 0 Å². The summed E-state index contributed by atoms with van der Waals surface area (Å²) in [4.78, 5) is 10.8. The topological polar surface area (TPSA) is 35.5 Å². The lowest BCUT2D eigenvalue weighted by molar-refractivity contribution is -0.136. The highest BCUT2D eigenvalue weighted by Gasteiger charge is 2.18. The summed E-state index contributed by atoms with van der Waals surface area (Å²) in [7, 11) is 1.28. The van der Waals surface area contributed by atoms with E-state index in [2.05, 4.69) is 0 Å². The Morgan fingerprint density at radius 3 is 2.12 bits per heavy atom. The van der Waals surface area contributed by atoms with E-state index in [9.17, 15) is 4.79 Å². The van der Waals surface area contributed by atoms with E-state index >= 15 is 0 Å². The maximum atomic E-state index is 10.8. The maximum absolute atomic E-state index is 10.8. The minimum atomic E-state index is -1.21. The number of hydrogen-bond acceptors (Lipinski definition) is 3. The highest BCUT2D eigenvalue weighted by atomic mass is 35.5. The monoisotopic (exact) mass is 302 g/mol. The van der Waals surface area contributed by atoms with E-state index < -0.39 is 11.5 Å². The number of rotatable bonds is 4. The summed E-state index contributed by atoms with van der Waals surface area (Å²) in [6.07, 6.45) is -1.21. The number of halogens is 4. The second kappa shape index (κ2) is 5.94. The van der Waals surface area contributed by atoms with Gasteiger partial charge in [-0.05, 0) is 11.6 Å². The Balaban J connectivity index is 2.93. The summed E-state index contributed by atoms with van der Waals surface area (Å²) >= 11 is 22.5. The SMILES string of the molecule is COC(Oc1cc(Cl)c(Cl)c(Cl)c1)C(=O)Cl. The molecule has 0 bridgehead atoms. The first kappa shape index (κ1) is 13.9. The first-order chi connectivity index (χ1) is 7.45. The normalized spacial score (nSPS) is 12.3. The standard InChI is InChI=1S/C9H6Cl4O3/c1-15-9(8(13)14)16-4-2-5(10)7(12)6(11)3-4/h2-3,9H,1H3. The molecule has 0 saturated heterocycles. The zero-order valence-corrected chi connectivity index (χ0v) is 11.0. The lowest BCUT2D eigenvalue weighted by atomic mass is 10.3. The van der Waals surface area contributed by atoms with Crippen LogP contribution in [0.3, 0.4) is 0 Å². The fraction of sp³-hybridized carbons (Fsp3) is 0.222. The van der Waals surface area contributed by atoms with Crippen LogP contribution in [0, 0.1) is 0 Å². The average Bonchev–Trinajstić information content (AvgIpc) is 2.21. The van der Waals surface area contributed by atoms with E-state index in [1.54, 1.807) is 0 Å². The van der Waals surface area contributed by atoms with Crippen LogP contribution in [-0.4, -0.2) is 18.6 Å². The van der Waals surface area contributed by atoms with Crippen LogP contribution in [0.25, 0.3) is 0 Å². The van der Waals surface area contributed by atoms with Crippen LogP contribution < -0.4 is 4.74 Å². The fourth-order valence-corrected chi connectivity index (χ4v) is 1.62. The van der Waals surface area contributed by atoms with Crippen molar-refractivity contribution in [2.75, 3.05) is 7.11 Å². The Morgan fingerprint density at radius 2 is 1.75 bits per heavy atom. The molecule has 0 aromatic heterocycles. The minimum absolute atomic E-state index is 0.209. The number of carbonyl (C=O) groups is 1. The molecule has 0 saturated carbocycles. The Labute approximate surface area is 112 Å². The van der Waals surface area contributed by atoms with Gasteiger partial charge < -0.3 is 9.47 Å². The third-order valence-electron chi connectivity index (χ3n) is 1.60. The fourth-order valence-electron chi connectivity index (χ4n) is 0.911. The van der Waals surface area contributed by atoms with Crippen molar-refractivity contribution >= 4 is 51.6 Å².